The first-order valence-corrected chi connectivity index (χ1v) is 7.43. The van der Waals surface area contributed by atoms with Crippen LogP contribution in [0.2, 0.25) is 0 Å². The van der Waals surface area contributed by atoms with Gasteiger partial charge in [-0.25, -0.2) is 0 Å². The van der Waals surface area contributed by atoms with E-state index < -0.39 is 0 Å². The van der Waals surface area contributed by atoms with Crippen molar-refractivity contribution in [2.45, 2.75) is 18.8 Å². The standard InChI is InChI=1S/C17H15BrO2/c1-20-13-6-7-16(18)15(10-13)17(19)9-12-8-11-4-2-3-5-14(11)12/h2-7,10,12H,8-9H2,1H3. The number of ether oxygens (including phenoxy) is 1. The zero-order valence-electron chi connectivity index (χ0n) is 11.2. The molecule has 2 aromatic rings. The average Bonchev–Trinajstić information content (AvgIpc) is 2.45. The molecule has 1 aliphatic rings. The van der Waals surface area contributed by atoms with Crippen LogP contribution in [-0.2, 0) is 6.42 Å². The van der Waals surface area contributed by atoms with Crippen molar-refractivity contribution in [3.8, 4) is 5.75 Å². The smallest absolute Gasteiger partial charge is 0.164 e. The minimum Gasteiger partial charge on any atom is -0.497 e. The number of methoxy groups -OCH3 is 1. The highest BCUT2D eigenvalue weighted by Gasteiger charge is 2.28. The Morgan fingerprint density at radius 1 is 1.30 bits per heavy atom. The minimum atomic E-state index is 0.162. The van der Waals surface area contributed by atoms with Crippen LogP contribution in [0.25, 0.3) is 0 Å². The number of halogens is 1. The second-order valence-electron chi connectivity index (χ2n) is 5.07. The van der Waals surface area contributed by atoms with Crippen molar-refractivity contribution >= 4 is 21.7 Å². The molecule has 0 radical (unpaired) electrons. The van der Waals surface area contributed by atoms with Crippen LogP contribution in [0.3, 0.4) is 0 Å². The van der Waals surface area contributed by atoms with E-state index in [0.29, 0.717) is 23.7 Å². The van der Waals surface area contributed by atoms with E-state index in [-0.39, 0.29) is 5.78 Å². The van der Waals surface area contributed by atoms with Crippen LogP contribution < -0.4 is 4.74 Å². The van der Waals surface area contributed by atoms with E-state index in [1.54, 1.807) is 13.2 Å². The third-order valence-corrected chi connectivity index (χ3v) is 4.56. The van der Waals surface area contributed by atoms with Crippen molar-refractivity contribution in [1.29, 1.82) is 0 Å². The first-order chi connectivity index (χ1) is 9.69. The molecule has 1 unspecified atom stereocenters. The van der Waals surface area contributed by atoms with Crippen molar-refractivity contribution in [3.63, 3.8) is 0 Å². The van der Waals surface area contributed by atoms with Gasteiger partial charge in [0.25, 0.3) is 0 Å². The van der Waals surface area contributed by atoms with Crippen LogP contribution in [0.15, 0.2) is 46.9 Å². The van der Waals surface area contributed by atoms with Gasteiger partial charge < -0.3 is 4.74 Å². The largest absolute Gasteiger partial charge is 0.497 e. The molecule has 0 fully saturated rings. The lowest BCUT2D eigenvalue weighted by Crippen LogP contribution is -2.20. The van der Waals surface area contributed by atoms with E-state index in [4.69, 9.17) is 4.74 Å². The summed E-state index contributed by atoms with van der Waals surface area (Å²) in [6, 6.07) is 13.9. The number of benzene rings is 2. The topological polar surface area (TPSA) is 26.3 Å². The van der Waals surface area contributed by atoms with E-state index in [1.165, 1.54) is 11.1 Å². The summed E-state index contributed by atoms with van der Waals surface area (Å²) >= 11 is 3.45. The summed E-state index contributed by atoms with van der Waals surface area (Å²) in [6.07, 6.45) is 1.56. The van der Waals surface area contributed by atoms with E-state index in [0.717, 1.165) is 10.9 Å². The van der Waals surface area contributed by atoms with Gasteiger partial charge in [-0.1, -0.05) is 40.2 Å². The van der Waals surface area contributed by atoms with Crippen LogP contribution in [-0.4, -0.2) is 12.9 Å². The van der Waals surface area contributed by atoms with Gasteiger partial charge in [-0.3, -0.25) is 4.79 Å². The monoisotopic (exact) mass is 330 g/mol. The fourth-order valence-electron chi connectivity index (χ4n) is 2.72. The predicted molar refractivity (Wildman–Crippen MR) is 82.5 cm³/mol. The number of hydrogen-bond donors (Lipinski definition) is 0. The summed E-state index contributed by atoms with van der Waals surface area (Å²) in [7, 11) is 1.61. The molecule has 0 amide bonds. The van der Waals surface area contributed by atoms with Gasteiger partial charge in [-0.05, 0) is 41.7 Å². The zero-order valence-corrected chi connectivity index (χ0v) is 12.8. The van der Waals surface area contributed by atoms with Crippen molar-refractivity contribution < 1.29 is 9.53 Å². The van der Waals surface area contributed by atoms with Gasteiger partial charge in [0.15, 0.2) is 5.78 Å². The lowest BCUT2D eigenvalue weighted by molar-refractivity contribution is 0.0969. The number of Topliss-reactive ketones (excluding diaryl/α,β-unsaturated/α-hetero) is 1. The SMILES string of the molecule is COc1ccc(Br)c(C(=O)CC2Cc3ccccc32)c1. The summed E-state index contributed by atoms with van der Waals surface area (Å²) in [4.78, 5) is 12.5. The molecule has 102 valence electrons. The van der Waals surface area contributed by atoms with Crippen molar-refractivity contribution in [2.24, 2.45) is 0 Å². The molecule has 3 rings (SSSR count). The third-order valence-electron chi connectivity index (χ3n) is 3.87. The summed E-state index contributed by atoms with van der Waals surface area (Å²) < 4.78 is 6.02. The third kappa shape index (κ3) is 2.38. The lowest BCUT2D eigenvalue weighted by Gasteiger charge is -2.29. The Morgan fingerprint density at radius 3 is 2.85 bits per heavy atom. The fourth-order valence-corrected chi connectivity index (χ4v) is 3.19. The Morgan fingerprint density at radius 2 is 2.10 bits per heavy atom. The predicted octanol–water partition coefficient (Wildman–Crippen LogP) is 4.37. The zero-order chi connectivity index (χ0) is 14.1. The molecule has 0 aliphatic heterocycles. The first-order valence-electron chi connectivity index (χ1n) is 6.63. The minimum absolute atomic E-state index is 0.162. The second-order valence-corrected chi connectivity index (χ2v) is 5.93. The molecular formula is C17H15BrO2. The van der Waals surface area contributed by atoms with Crippen LogP contribution >= 0.6 is 15.9 Å². The van der Waals surface area contributed by atoms with Crippen molar-refractivity contribution in [3.05, 3.63) is 63.6 Å². The van der Waals surface area contributed by atoms with Gasteiger partial charge in [-0.2, -0.15) is 0 Å². The molecule has 3 heteroatoms. The number of carbonyl (C=O) groups excluding carboxylic acids is 1. The summed E-state index contributed by atoms with van der Waals surface area (Å²) in [6.45, 7) is 0. The van der Waals surface area contributed by atoms with Crippen LogP contribution in [0.4, 0.5) is 0 Å². The molecule has 2 nitrogen and oxygen atoms in total. The molecule has 0 saturated heterocycles. The summed E-state index contributed by atoms with van der Waals surface area (Å²) in [5.41, 5.74) is 3.39. The number of fused-ring (bicyclic) bond motifs is 1. The summed E-state index contributed by atoms with van der Waals surface area (Å²) in [5.74, 6) is 1.23. The Hall–Kier alpha value is -1.61. The van der Waals surface area contributed by atoms with Gasteiger partial charge in [0.05, 0.1) is 7.11 Å². The lowest BCUT2D eigenvalue weighted by atomic mass is 9.74. The molecule has 1 atom stereocenters. The van der Waals surface area contributed by atoms with Crippen LogP contribution in [0, 0.1) is 0 Å². The molecule has 0 bridgehead atoms. The van der Waals surface area contributed by atoms with Gasteiger partial charge in [0.2, 0.25) is 0 Å². The molecule has 20 heavy (non-hydrogen) atoms. The van der Waals surface area contributed by atoms with Gasteiger partial charge in [-0.15, -0.1) is 0 Å². The molecule has 0 spiro atoms. The average molecular weight is 331 g/mol. The number of hydrogen-bond acceptors (Lipinski definition) is 2. The molecule has 0 saturated carbocycles. The molecule has 0 N–H and O–H groups in total. The quantitative estimate of drug-likeness (QED) is 0.778. The highest BCUT2D eigenvalue weighted by atomic mass is 79.9. The van der Waals surface area contributed by atoms with Gasteiger partial charge in [0, 0.05) is 16.5 Å². The van der Waals surface area contributed by atoms with E-state index in [2.05, 4.69) is 34.1 Å². The van der Waals surface area contributed by atoms with Gasteiger partial charge in [0.1, 0.15) is 5.75 Å². The van der Waals surface area contributed by atoms with Crippen LogP contribution in [0.5, 0.6) is 5.75 Å². The fraction of sp³-hybridized carbons (Fsp3) is 0.235. The molecular weight excluding hydrogens is 316 g/mol. The van der Waals surface area contributed by atoms with E-state index >= 15 is 0 Å². The highest BCUT2D eigenvalue weighted by molar-refractivity contribution is 9.10. The number of rotatable bonds is 4. The molecule has 0 aromatic heterocycles. The maximum absolute atomic E-state index is 12.5. The summed E-state index contributed by atoms with van der Waals surface area (Å²) in [5, 5.41) is 0. The number of ketones is 1. The van der Waals surface area contributed by atoms with Crippen LogP contribution in [0.1, 0.15) is 33.8 Å². The molecule has 2 aromatic carbocycles. The normalized spacial score (nSPS) is 16.2. The van der Waals surface area contributed by atoms with Crippen molar-refractivity contribution in [2.75, 3.05) is 7.11 Å². The second kappa shape index (κ2) is 5.41. The highest BCUT2D eigenvalue weighted by Crippen LogP contribution is 2.38. The molecule has 1 aliphatic carbocycles. The maximum Gasteiger partial charge on any atom is 0.164 e. The Labute approximate surface area is 126 Å². The maximum atomic E-state index is 12.5. The number of carbonyl (C=O) groups is 1. The first kappa shape index (κ1) is 13.4. The van der Waals surface area contributed by atoms with E-state index in [1.807, 2.05) is 18.2 Å². The Kier molecular flexibility index (Phi) is 3.62. The van der Waals surface area contributed by atoms with E-state index in [9.17, 15) is 4.79 Å². The van der Waals surface area contributed by atoms with Gasteiger partial charge >= 0.3 is 0 Å². The molecule has 0 heterocycles. The van der Waals surface area contributed by atoms with Crippen molar-refractivity contribution in [1.82, 2.24) is 0 Å². The Bertz CT molecular complexity index is 664. The Balaban J connectivity index is 1.78.